The van der Waals surface area contributed by atoms with Crippen LogP contribution < -0.4 is 5.73 Å². The van der Waals surface area contributed by atoms with Crippen LogP contribution in [0.15, 0.2) is 11.5 Å². The van der Waals surface area contributed by atoms with Crippen LogP contribution >= 0.6 is 27.1 Å². The van der Waals surface area contributed by atoms with E-state index in [1.54, 1.807) is 6.26 Å². The number of aromatic nitrogens is 4. The molecular formula is C11H16BN5O9P2S. The highest BCUT2D eigenvalue weighted by molar-refractivity contribution is 7.98. The van der Waals surface area contributed by atoms with Gasteiger partial charge in [-0.2, -0.15) is 0 Å². The number of hydrogen-bond acceptors (Lipinski definition) is 12. The average molecular weight is 467 g/mol. The maximum atomic E-state index is 11.8. The Hall–Kier alpha value is -1.06. The van der Waals surface area contributed by atoms with Crippen LogP contribution in [0.25, 0.3) is 11.2 Å². The predicted octanol–water partition coefficient (Wildman–Crippen LogP) is -0.848. The van der Waals surface area contributed by atoms with Crippen molar-refractivity contribution < 1.29 is 42.7 Å². The van der Waals surface area contributed by atoms with Gasteiger partial charge in [-0.15, -0.1) is 0 Å². The number of thioether (sulfide) groups is 1. The molecule has 2 aromatic rings. The third-order valence-corrected chi connectivity index (χ3v) is 6.68. The maximum Gasteiger partial charge on any atom is 0.476 e. The van der Waals surface area contributed by atoms with Crippen LogP contribution in [0.5, 0.6) is 0 Å². The van der Waals surface area contributed by atoms with Gasteiger partial charge in [0.05, 0.1) is 12.9 Å². The highest BCUT2D eigenvalue weighted by atomic mass is 32.2. The van der Waals surface area contributed by atoms with Gasteiger partial charge in [0.1, 0.15) is 23.8 Å². The van der Waals surface area contributed by atoms with Gasteiger partial charge in [-0.05, 0) is 6.26 Å². The molecule has 0 aromatic carbocycles. The van der Waals surface area contributed by atoms with Crippen molar-refractivity contribution in [3.8, 4) is 0 Å². The van der Waals surface area contributed by atoms with Gasteiger partial charge in [-0.1, -0.05) is 11.8 Å². The molecule has 0 spiro atoms. The summed E-state index contributed by atoms with van der Waals surface area (Å²) < 4.78 is 37.9. The van der Waals surface area contributed by atoms with Gasteiger partial charge in [0.2, 0.25) is 7.57 Å². The number of nitrogens with zero attached hydrogens (tertiary/aromatic N) is 4. The molecule has 0 saturated carbocycles. The smallest absolute Gasteiger partial charge is 0.387 e. The molecule has 18 heteroatoms. The lowest BCUT2D eigenvalue weighted by Gasteiger charge is -2.19. The lowest BCUT2D eigenvalue weighted by molar-refractivity contribution is -0.0479. The maximum absolute atomic E-state index is 11.8. The molecule has 1 fully saturated rings. The van der Waals surface area contributed by atoms with Gasteiger partial charge in [0.25, 0.3) is 7.47 Å². The Morgan fingerprint density at radius 2 is 2.03 bits per heavy atom. The van der Waals surface area contributed by atoms with E-state index in [0.29, 0.717) is 5.16 Å². The van der Waals surface area contributed by atoms with E-state index < -0.39 is 46.4 Å². The number of nitrogen functional groups attached to an aromatic ring is 1. The second-order valence-corrected chi connectivity index (χ2v) is 9.62. The van der Waals surface area contributed by atoms with E-state index in [1.807, 2.05) is 0 Å². The molecule has 1 aliphatic heterocycles. The normalized spacial score (nSPS) is 27.3. The summed E-state index contributed by atoms with van der Waals surface area (Å²) in [5.41, 5.74) is 6.35. The van der Waals surface area contributed by atoms with Crippen LogP contribution in [0, 0.1) is 0 Å². The lowest BCUT2D eigenvalue weighted by atomic mass is 10.1. The minimum atomic E-state index is -5.17. The first-order chi connectivity index (χ1) is 13.4. The van der Waals surface area contributed by atoms with Crippen LogP contribution in [0.3, 0.4) is 0 Å². The molecule has 0 amide bonds. The fourth-order valence-corrected chi connectivity index (χ4v) is 4.74. The summed E-state index contributed by atoms with van der Waals surface area (Å²) in [7, 11) is -4.73. The average Bonchev–Trinajstić information content (AvgIpc) is 3.13. The molecule has 0 bridgehead atoms. The van der Waals surface area contributed by atoms with Gasteiger partial charge in [0, 0.05) is 0 Å². The highest BCUT2D eigenvalue weighted by Crippen LogP contribution is 2.57. The summed E-state index contributed by atoms with van der Waals surface area (Å²) in [6, 6.07) is 0. The molecule has 1 saturated heterocycles. The zero-order valence-electron chi connectivity index (χ0n) is 14.7. The van der Waals surface area contributed by atoms with Crippen LogP contribution in [0.4, 0.5) is 5.82 Å². The molecule has 3 rings (SSSR count). The summed E-state index contributed by atoms with van der Waals surface area (Å²) in [6.45, 7) is -0.692. The first kappa shape index (κ1) is 22.6. The van der Waals surface area contributed by atoms with E-state index in [2.05, 4.69) is 23.8 Å². The van der Waals surface area contributed by atoms with Gasteiger partial charge in [0.15, 0.2) is 22.8 Å². The van der Waals surface area contributed by atoms with Crippen LogP contribution in [-0.2, 0) is 22.7 Å². The Labute approximate surface area is 168 Å². The number of fused-ring (bicyclic) bond motifs is 1. The van der Waals surface area contributed by atoms with Gasteiger partial charge in [-0.3, -0.25) is 9.13 Å². The molecule has 1 unspecified atom stereocenters. The monoisotopic (exact) mass is 467 g/mol. The standard InChI is InChI=1S/C11H16BN5O9P2S/c1-29-11-15-8(13)5-9(16-11)17(3-14-5)10-7(19)6(18)4(25-10)2-24-27(12,20)26-28(21,22)23/h3-4,6-7,10,18-19H,2H2,1H3,(H2,13,15,16)(H2,21,22,23)/t4-,6-,7-,10-,27?/m1/s1. The number of nitrogens with two attached hydrogens (primary N) is 1. The quantitative estimate of drug-likeness (QED) is 0.145. The fourth-order valence-electron chi connectivity index (χ4n) is 2.64. The molecule has 2 aromatic heterocycles. The number of phosphoric acid groups is 1. The van der Waals surface area contributed by atoms with Crippen molar-refractivity contribution in [2.45, 2.75) is 29.7 Å². The number of imidazole rings is 1. The Morgan fingerprint density at radius 1 is 1.34 bits per heavy atom. The van der Waals surface area contributed by atoms with Crippen molar-refractivity contribution in [3.05, 3.63) is 6.33 Å². The number of ether oxygens (including phenoxy) is 1. The van der Waals surface area contributed by atoms with E-state index >= 15 is 0 Å². The molecular weight excluding hydrogens is 451 g/mol. The van der Waals surface area contributed by atoms with Crippen molar-refractivity contribution in [3.63, 3.8) is 0 Å². The third kappa shape index (κ3) is 4.99. The molecule has 5 atom stereocenters. The first-order valence-corrected chi connectivity index (χ1v) is 12.1. The third-order valence-electron chi connectivity index (χ3n) is 3.86. The first-order valence-electron chi connectivity index (χ1n) is 7.77. The minimum absolute atomic E-state index is 0.115. The molecule has 0 aliphatic carbocycles. The molecule has 14 nitrogen and oxygen atoms in total. The van der Waals surface area contributed by atoms with Crippen molar-refractivity contribution in [1.29, 1.82) is 0 Å². The van der Waals surface area contributed by atoms with Gasteiger partial charge in [-0.25, -0.2) is 23.8 Å². The molecule has 6 N–H and O–H groups in total. The lowest BCUT2D eigenvalue weighted by Crippen LogP contribution is -2.33. The summed E-state index contributed by atoms with van der Waals surface area (Å²) >= 11 is 1.23. The molecule has 3 heterocycles. The Balaban J connectivity index is 1.80. The second kappa shape index (κ2) is 8.23. The summed E-state index contributed by atoms with van der Waals surface area (Å²) in [6.07, 6.45) is -2.41. The zero-order valence-corrected chi connectivity index (χ0v) is 17.3. The highest BCUT2D eigenvalue weighted by Gasteiger charge is 2.45. The minimum Gasteiger partial charge on any atom is -0.387 e. The number of aliphatic hydroxyl groups excluding tert-OH is 2. The largest absolute Gasteiger partial charge is 0.476 e. The van der Waals surface area contributed by atoms with Crippen molar-refractivity contribution in [2.75, 3.05) is 18.6 Å². The number of anilines is 1. The van der Waals surface area contributed by atoms with Crippen LogP contribution in [-0.4, -0.2) is 78.3 Å². The number of hydrogen-bond donors (Lipinski definition) is 5. The Kier molecular flexibility index (Phi) is 6.42. The van der Waals surface area contributed by atoms with E-state index in [0.717, 1.165) is 0 Å². The number of aliphatic hydroxyl groups is 2. The van der Waals surface area contributed by atoms with Crippen LogP contribution in [0.2, 0.25) is 0 Å². The molecule has 1 aliphatic rings. The molecule has 2 radical (unpaired) electrons. The van der Waals surface area contributed by atoms with Crippen molar-refractivity contribution >= 4 is 51.6 Å². The van der Waals surface area contributed by atoms with Gasteiger partial charge < -0.3 is 35.0 Å². The van der Waals surface area contributed by atoms with Crippen molar-refractivity contribution in [2.24, 2.45) is 0 Å². The fraction of sp³-hybridized carbons (Fsp3) is 0.545. The summed E-state index contributed by atoms with van der Waals surface area (Å²) in [5, 5.41) is 20.9. The molecule has 29 heavy (non-hydrogen) atoms. The summed E-state index contributed by atoms with van der Waals surface area (Å²) in [5.74, 6) is 0.115. The Bertz CT molecular complexity index is 1000. The topological polar surface area (TPSA) is 212 Å². The number of rotatable bonds is 7. The summed E-state index contributed by atoms with van der Waals surface area (Å²) in [4.78, 5) is 29.7. The Morgan fingerprint density at radius 3 is 2.66 bits per heavy atom. The van der Waals surface area contributed by atoms with E-state index in [9.17, 15) is 19.3 Å². The van der Waals surface area contributed by atoms with Crippen molar-refractivity contribution in [1.82, 2.24) is 19.5 Å². The van der Waals surface area contributed by atoms with Gasteiger partial charge >= 0.3 is 7.82 Å². The molecule has 158 valence electrons. The predicted molar refractivity (Wildman–Crippen MR) is 99.9 cm³/mol. The SMILES string of the molecule is [B]P(=O)(OC[C@H]1O[C@@H](n2cnc3c(N)nc(SC)nc32)[C@H](O)[C@@H]1O)OP(=O)(O)O. The van der Waals surface area contributed by atoms with E-state index in [4.69, 9.17) is 27.8 Å². The zero-order chi connectivity index (χ0) is 21.6. The van der Waals surface area contributed by atoms with E-state index in [-0.39, 0.29) is 17.0 Å². The second-order valence-electron chi connectivity index (χ2n) is 5.87. The van der Waals surface area contributed by atoms with Crippen LogP contribution in [0.1, 0.15) is 6.23 Å². The van der Waals surface area contributed by atoms with E-state index in [1.165, 1.54) is 22.7 Å².